The quantitative estimate of drug-likeness (QED) is 0.799. The zero-order valence-electron chi connectivity index (χ0n) is 8.74. The molecule has 0 atom stereocenters. The van der Waals surface area contributed by atoms with E-state index in [-0.39, 0.29) is 10.8 Å². The Kier molecular flexibility index (Phi) is 2.78. The average molecular weight is 250 g/mol. The number of aromatic nitrogens is 2. The van der Waals surface area contributed by atoms with Crippen molar-refractivity contribution in [3.63, 3.8) is 0 Å². The van der Waals surface area contributed by atoms with E-state index in [0.29, 0.717) is 11.1 Å². The third kappa shape index (κ3) is 2.40. The monoisotopic (exact) mass is 250 g/mol. The first-order valence-electron chi connectivity index (χ1n) is 4.68. The number of rotatable bonds is 2. The van der Waals surface area contributed by atoms with Crippen LogP contribution < -0.4 is 10.9 Å². The maximum absolute atomic E-state index is 11.4. The molecule has 4 N–H and O–H groups in total. The fraction of sp³-hybridized carbons (Fsp3) is 0. The van der Waals surface area contributed by atoms with Crippen molar-refractivity contribution in [2.45, 2.75) is 4.90 Å². The van der Waals surface area contributed by atoms with E-state index in [1.807, 2.05) is 0 Å². The molecule has 1 aromatic heterocycles. The van der Waals surface area contributed by atoms with Crippen molar-refractivity contribution in [3.05, 3.63) is 36.7 Å². The van der Waals surface area contributed by atoms with Gasteiger partial charge in [0.1, 0.15) is 0 Å². The normalized spacial score (nSPS) is 11.4. The van der Waals surface area contributed by atoms with Crippen LogP contribution in [-0.4, -0.2) is 18.4 Å². The van der Waals surface area contributed by atoms with Gasteiger partial charge in [0.2, 0.25) is 16.0 Å². The highest BCUT2D eigenvalue weighted by molar-refractivity contribution is 7.89. The van der Waals surface area contributed by atoms with Gasteiger partial charge in [0.15, 0.2) is 0 Å². The SMILES string of the molecule is Nc1ncc(-c2ccccc2S(N)(=O)=O)cn1. The summed E-state index contributed by atoms with van der Waals surface area (Å²) in [5, 5.41) is 5.13. The van der Waals surface area contributed by atoms with Crippen LogP contribution in [0.5, 0.6) is 0 Å². The molecule has 0 saturated heterocycles. The summed E-state index contributed by atoms with van der Waals surface area (Å²) >= 11 is 0. The summed E-state index contributed by atoms with van der Waals surface area (Å²) in [5.41, 5.74) is 6.36. The first-order valence-corrected chi connectivity index (χ1v) is 6.23. The molecule has 1 heterocycles. The van der Waals surface area contributed by atoms with Crippen molar-refractivity contribution in [2.24, 2.45) is 5.14 Å². The molecule has 0 amide bonds. The van der Waals surface area contributed by atoms with Gasteiger partial charge in [-0.15, -0.1) is 0 Å². The van der Waals surface area contributed by atoms with E-state index in [1.165, 1.54) is 18.5 Å². The second-order valence-corrected chi connectivity index (χ2v) is 4.90. The van der Waals surface area contributed by atoms with Crippen molar-refractivity contribution >= 4 is 16.0 Å². The first kappa shape index (κ1) is 11.5. The van der Waals surface area contributed by atoms with E-state index >= 15 is 0 Å². The van der Waals surface area contributed by atoms with Crippen LogP contribution in [0.2, 0.25) is 0 Å². The fourth-order valence-electron chi connectivity index (χ4n) is 1.43. The molecule has 0 radical (unpaired) electrons. The van der Waals surface area contributed by atoms with Crippen LogP contribution in [0.25, 0.3) is 11.1 Å². The van der Waals surface area contributed by atoms with Crippen LogP contribution in [0.1, 0.15) is 0 Å². The number of nitrogens with two attached hydrogens (primary N) is 2. The molecular formula is C10H10N4O2S. The summed E-state index contributed by atoms with van der Waals surface area (Å²) in [7, 11) is -3.78. The smallest absolute Gasteiger partial charge is 0.238 e. The lowest BCUT2D eigenvalue weighted by atomic mass is 10.1. The molecule has 6 nitrogen and oxygen atoms in total. The number of nitrogen functional groups attached to an aromatic ring is 1. The molecule has 1 aromatic carbocycles. The van der Waals surface area contributed by atoms with E-state index in [2.05, 4.69) is 9.97 Å². The van der Waals surface area contributed by atoms with Crippen LogP contribution in [0.4, 0.5) is 5.95 Å². The van der Waals surface area contributed by atoms with Crippen molar-refractivity contribution in [2.75, 3.05) is 5.73 Å². The highest BCUT2D eigenvalue weighted by Crippen LogP contribution is 2.25. The minimum absolute atomic E-state index is 0.0355. The minimum Gasteiger partial charge on any atom is -0.368 e. The molecule has 0 aliphatic rings. The summed E-state index contributed by atoms with van der Waals surface area (Å²) < 4.78 is 22.8. The standard InChI is InChI=1S/C10H10N4O2S/c11-10-13-5-7(6-14-10)8-3-1-2-4-9(8)17(12,15)16/h1-6H,(H2,11,13,14)(H2,12,15,16). The highest BCUT2D eigenvalue weighted by Gasteiger charge is 2.14. The molecule has 7 heteroatoms. The Labute approximate surface area is 98.4 Å². The zero-order valence-corrected chi connectivity index (χ0v) is 9.55. The molecule has 0 aliphatic carbocycles. The van der Waals surface area contributed by atoms with E-state index in [0.717, 1.165) is 0 Å². The van der Waals surface area contributed by atoms with Gasteiger partial charge in [0.25, 0.3) is 0 Å². The Hall–Kier alpha value is -1.99. The molecule has 88 valence electrons. The van der Waals surface area contributed by atoms with Crippen LogP contribution in [0, 0.1) is 0 Å². The second kappa shape index (κ2) is 4.11. The number of sulfonamides is 1. The van der Waals surface area contributed by atoms with Gasteiger partial charge in [-0.3, -0.25) is 0 Å². The molecule has 17 heavy (non-hydrogen) atoms. The predicted octanol–water partition coefficient (Wildman–Crippen LogP) is 0.373. The molecule has 0 fully saturated rings. The van der Waals surface area contributed by atoms with Crippen molar-refractivity contribution in [1.82, 2.24) is 9.97 Å². The minimum atomic E-state index is -3.78. The molecule has 2 rings (SSSR count). The lowest BCUT2D eigenvalue weighted by molar-refractivity contribution is 0.598. The zero-order chi connectivity index (χ0) is 12.5. The number of anilines is 1. The largest absolute Gasteiger partial charge is 0.368 e. The Bertz CT molecular complexity index is 638. The number of hydrogen-bond acceptors (Lipinski definition) is 5. The van der Waals surface area contributed by atoms with Crippen LogP contribution in [0.3, 0.4) is 0 Å². The highest BCUT2D eigenvalue weighted by atomic mass is 32.2. The molecule has 2 aromatic rings. The van der Waals surface area contributed by atoms with Crippen LogP contribution >= 0.6 is 0 Å². The van der Waals surface area contributed by atoms with E-state index in [4.69, 9.17) is 10.9 Å². The van der Waals surface area contributed by atoms with Crippen LogP contribution in [-0.2, 0) is 10.0 Å². The van der Waals surface area contributed by atoms with E-state index in [1.54, 1.807) is 18.2 Å². The Morgan fingerprint density at radius 1 is 1.06 bits per heavy atom. The lowest BCUT2D eigenvalue weighted by Gasteiger charge is -2.06. The van der Waals surface area contributed by atoms with Gasteiger partial charge in [0, 0.05) is 23.5 Å². The van der Waals surface area contributed by atoms with Crippen molar-refractivity contribution < 1.29 is 8.42 Å². The first-order chi connectivity index (χ1) is 7.98. The number of benzene rings is 1. The average Bonchev–Trinajstić information content (AvgIpc) is 2.29. The maximum Gasteiger partial charge on any atom is 0.238 e. The molecular weight excluding hydrogens is 240 g/mol. The molecule has 0 unspecified atom stereocenters. The summed E-state index contributed by atoms with van der Waals surface area (Å²) in [6, 6.07) is 6.37. The van der Waals surface area contributed by atoms with Gasteiger partial charge >= 0.3 is 0 Å². The van der Waals surface area contributed by atoms with Gasteiger partial charge in [-0.1, -0.05) is 18.2 Å². The maximum atomic E-state index is 11.4. The summed E-state index contributed by atoms with van der Waals surface area (Å²) in [4.78, 5) is 7.65. The van der Waals surface area contributed by atoms with Crippen LogP contribution in [0.15, 0.2) is 41.6 Å². The van der Waals surface area contributed by atoms with Crippen molar-refractivity contribution in [3.8, 4) is 11.1 Å². The fourth-order valence-corrected chi connectivity index (χ4v) is 2.19. The third-order valence-corrected chi connectivity index (χ3v) is 3.15. The lowest BCUT2D eigenvalue weighted by Crippen LogP contribution is -2.13. The predicted molar refractivity (Wildman–Crippen MR) is 63.3 cm³/mol. The van der Waals surface area contributed by atoms with Gasteiger partial charge in [-0.05, 0) is 6.07 Å². The number of primary sulfonamides is 1. The summed E-state index contributed by atoms with van der Waals surface area (Å²) in [5.74, 6) is 0.127. The number of nitrogens with zero attached hydrogens (tertiary/aromatic N) is 2. The van der Waals surface area contributed by atoms with E-state index < -0.39 is 10.0 Å². The van der Waals surface area contributed by atoms with Gasteiger partial charge < -0.3 is 5.73 Å². The summed E-state index contributed by atoms with van der Waals surface area (Å²) in [6.07, 6.45) is 2.90. The molecule has 0 saturated carbocycles. The second-order valence-electron chi connectivity index (χ2n) is 3.37. The molecule has 0 aliphatic heterocycles. The van der Waals surface area contributed by atoms with E-state index in [9.17, 15) is 8.42 Å². The van der Waals surface area contributed by atoms with Gasteiger partial charge in [0.05, 0.1) is 4.90 Å². The Morgan fingerprint density at radius 2 is 1.65 bits per heavy atom. The molecule has 0 spiro atoms. The molecule has 0 bridgehead atoms. The van der Waals surface area contributed by atoms with Gasteiger partial charge in [-0.2, -0.15) is 0 Å². The third-order valence-electron chi connectivity index (χ3n) is 2.18. The Balaban J connectivity index is 2.64. The Morgan fingerprint density at radius 3 is 2.24 bits per heavy atom. The summed E-state index contributed by atoms with van der Waals surface area (Å²) in [6.45, 7) is 0. The topological polar surface area (TPSA) is 112 Å². The van der Waals surface area contributed by atoms with Crippen molar-refractivity contribution in [1.29, 1.82) is 0 Å². The number of hydrogen-bond donors (Lipinski definition) is 2. The van der Waals surface area contributed by atoms with Gasteiger partial charge in [-0.25, -0.2) is 23.5 Å².